The largest absolute Gasteiger partial charge is 0.331 e. The highest BCUT2D eigenvalue weighted by molar-refractivity contribution is 5.94. The minimum absolute atomic E-state index is 0.135. The molecular weight excluding hydrogens is 341 g/mol. The molecule has 0 bridgehead atoms. The first-order chi connectivity index (χ1) is 13.2. The lowest BCUT2D eigenvalue weighted by molar-refractivity contribution is 0.0724. The summed E-state index contributed by atoms with van der Waals surface area (Å²) in [5.74, 6) is 0.661. The Bertz CT molecular complexity index is 961. The fourth-order valence-electron chi connectivity index (χ4n) is 3.53. The van der Waals surface area contributed by atoms with Crippen molar-refractivity contribution in [1.29, 1.82) is 0 Å². The van der Waals surface area contributed by atoms with E-state index in [2.05, 4.69) is 17.6 Å². The van der Waals surface area contributed by atoms with E-state index in [1.165, 1.54) is 6.07 Å². The number of hydrogen-bond donors (Lipinski definition) is 0. The average Bonchev–Trinajstić information content (AvgIpc) is 3.43. The minimum Gasteiger partial charge on any atom is -0.331 e. The van der Waals surface area contributed by atoms with Crippen molar-refractivity contribution >= 4 is 16.9 Å². The van der Waals surface area contributed by atoms with Crippen LogP contribution in [0.4, 0.5) is 4.39 Å². The van der Waals surface area contributed by atoms with Gasteiger partial charge in [0.15, 0.2) is 0 Å². The van der Waals surface area contributed by atoms with Gasteiger partial charge in [-0.3, -0.25) is 4.79 Å². The normalized spacial score (nSPS) is 13.9. The molecule has 3 aromatic rings. The van der Waals surface area contributed by atoms with Gasteiger partial charge < -0.3 is 9.47 Å². The van der Waals surface area contributed by atoms with Crippen LogP contribution in [-0.2, 0) is 13.1 Å². The molecule has 1 fully saturated rings. The van der Waals surface area contributed by atoms with Crippen LogP contribution in [-0.4, -0.2) is 26.9 Å². The summed E-state index contributed by atoms with van der Waals surface area (Å²) in [5.41, 5.74) is 2.15. The summed E-state index contributed by atoms with van der Waals surface area (Å²) >= 11 is 0. The molecule has 5 heteroatoms. The number of amides is 1. The van der Waals surface area contributed by atoms with E-state index < -0.39 is 5.82 Å². The van der Waals surface area contributed by atoms with Crippen LogP contribution in [0.1, 0.15) is 42.4 Å². The third-order valence-electron chi connectivity index (χ3n) is 5.08. The van der Waals surface area contributed by atoms with Crippen molar-refractivity contribution in [2.75, 3.05) is 6.54 Å². The van der Waals surface area contributed by atoms with Gasteiger partial charge in [-0.05, 0) is 49.4 Å². The molecule has 0 N–H and O–H groups in total. The third-order valence-corrected chi connectivity index (χ3v) is 5.08. The topological polar surface area (TPSA) is 38.1 Å². The summed E-state index contributed by atoms with van der Waals surface area (Å²) in [4.78, 5) is 19.6. The highest BCUT2D eigenvalue weighted by Gasteiger charge is 2.29. The van der Waals surface area contributed by atoms with Gasteiger partial charge in [0, 0.05) is 13.1 Å². The summed E-state index contributed by atoms with van der Waals surface area (Å²) in [5, 5.41) is 0. The van der Waals surface area contributed by atoms with Crippen molar-refractivity contribution in [3.05, 3.63) is 65.7 Å². The highest BCUT2D eigenvalue weighted by Crippen LogP contribution is 2.31. The van der Waals surface area contributed by atoms with Crippen molar-refractivity contribution < 1.29 is 9.18 Å². The van der Waals surface area contributed by atoms with Crippen LogP contribution in [0.3, 0.4) is 0 Å². The number of carbonyl (C=O) groups is 1. The van der Waals surface area contributed by atoms with Gasteiger partial charge in [-0.15, -0.1) is 0 Å². The maximum atomic E-state index is 14.2. The lowest BCUT2D eigenvalue weighted by atomic mass is 10.1. The van der Waals surface area contributed by atoms with Gasteiger partial charge in [-0.2, -0.15) is 0 Å². The first-order valence-corrected chi connectivity index (χ1v) is 9.65. The van der Waals surface area contributed by atoms with Crippen molar-refractivity contribution in [3.8, 4) is 0 Å². The molecule has 4 rings (SSSR count). The molecule has 1 aliphatic rings. The van der Waals surface area contributed by atoms with Gasteiger partial charge >= 0.3 is 0 Å². The Kier molecular flexibility index (Phi) is 4.92. The second-order valence-electron chi connectivity index (χ2n) is 7.28. The second kappa shape index (κ2) is 7.51. The quantitative estimate of drug-likeness (QED) is 0.612. The van der Waals surface area contributed by atoms with Crippen molar-refractivity contribution in [1.82, 2.24) is 14.5 Å². The van der Waals surface area contributed by atoms with Crippen LogP contribution in [0.25, 0.3) is 11.0 Å². The molecule has 0 spiro atoms. The van der Waals surface area contributed by atoms with Gasteiger partial charge in [0.05, 0.1) is 23.1 Å². The number of fused-ring (bicyclic) bond motifs is 1. The van der Waals surface area contributed by atoms with E-state index >= 15 is 0 Å². The Morgan fingerprint density at radius 1 is 1.19 bits per heavy atom. The molecule has 0 atom stereocenters. The molecule has 0 unspecified atom stereocenters. The molecule has 0 aliphatic heterocycles. The van der Waals surface area contributed by atoms with Crippen LogP contribution in [0.5, 0.6) is 0 Å². The van der Waals surface area contributed by atoms with Gasteiger partial charge in [-0.25, -0.2) is 9.37 Å². The van der Waals surface area contributed by atoms with E-state index in [1.54, 1.807) is 23.1 Å². The van der Waals surface area contributed by atoms with Gasteiger partial charge in [0.1, 0.15) is 11.6 Å². The summed E-state index contributed by atoms with van der Waals surface area (Å²) in [6, 6.07) is 14.3. The smallest absolute Gasteiger partial charge is 0.257 e. The zero-order chi connectivity index (χ0) is 18.8. The number of aryl methyl sites for hydroxylation is 1. The predicted octanol–water partition coefficient (Wildman–Crippen LogP) is 4.64. The molecule has 1 aliphatic carbocycles. The number of para-hydroxylation sites is 2. The van der Waals surface area contributed by atoms with Gasteiger partial charge in [0.2, 0.25) is 0 Å². The van der Waals surface area contributed by atoms with E-state index in [0.717, 1.165) is 42.7 Å². The van der Waals surface area contributed by atoms with E-state index in [9.17, 15) is 9.18 Å². The third kappa shape index (κ3) is 3.72. The van der Waals surface area contributed by atoms with E-state index in [1.807, 2.05) is 18.2 Å². The molecule has 4 nitrogen and oxygen atoms in total. The maximum absolute atomic E-state index is 14.2. The van der Waals surface area contributed by atoms with Crippen LogP contribution in [0, 0.1) is 11.7 Å². The molecular formula is C22H24FN3O. The first kappa shape index (κ1) is 17.7. The maximum Gasteiger partial charge on any atom is 0.257 e. The fraction of sp³-hybridized carbons (Fsp3) is 0.364. The number of rotatable bonds is 7. The van der Waals surface area contributed by atoms with E-state index in [-0.39, 0.29) is 11.5 Å². The van der Waals surface area contributed by atoms with Crippen LogP contribution < -0.4 is 0 Å². The number of imidazole rings is 1. The molecule has 1 amide bonds. The molecule has 1 aromatic heterocycles. The molecule has 1 saturated carbocycles. The number of halogens is 1. The summed E-state index contributed by atoms with van der Waals surface area (Å²) < 4.78 is 16.4. The Balaban J connectivity index is 1.68. The Labute approximate surface area is 158 Å². The fourth-order valence-corrected chi connectivity index (χ4v) is 3.53. The highest BCUT2D eigenvalue weighted by atomic mass is 19.1. The zero-order valence-corrected chi connectivity index (χ0v) is 15.6. The van der Waals surface area contributed by atoms with Crippen LogP contribution in [0.15, 0.2) is 48.5 Å². The van der Waals surface area contributed by atoms with E-state index in [0.29, 0.717) is 19.0 Å². The molecule has 2 aromatic carbocycles. The number of aromatic nitrogens is 2. The summed E-state index contributed by atoms with van der Waals surface area (Å²) in [6.45, 7) is 4.03. The molecule has 27 heavy (non-hydrogen) atoms. The monoisotopic (exact) mass is 365 g/mol. The Hall–Kier alpha value is -2.69. The molecule has 0 saturated heterocycles. The Morgan fingerprint density at radius 2 is 1.93 bits per heavy atom. The minimum atomic E-state index is -0.467. The predicted molar refractivity (Wildman–Crippen MR) is 104 cm³/mol. The standard InChI is InChI=1S/C22H24FN3O/c1-2-13-26-20-10-6-5-9-19(20)24-21(26)15-25(14-16-11-12-16)22(27)17-7-3-4-8-18(17)23/h3-10,16H,2,11-15H2,1H3. The van der Waals surface area contributed by atoms with Crippen molar-refractivity contribution in [2.24, 2.45) is 5.92 Å². The number of hydrogen-bond acceptors (Lipinski definition) is 2. The van der Waals surface area contributed by atoms with Crippen molar-refractivity contribution in [3.63, 3.8) is 0 Å². The average molecular weight is 365 g/mol. The summed E-state index contributed by atoms with van der Waals surface area (Å²) in [7, 11) is 0. The molecule has 140 valence electrons. The first-order valence-electron chi connectivity index (χ1n) is 9.65. The lowest BCUT2D eigenvalue weighted by Crippen LogP contribution is -2.34. The number of nitrogens with zero attached hydrogens (tertiary/aromatic N) is 3. The zero-order valence-electron chi connectivity index (χ0n) is 15.6. The molecule has 1 heterocycles. The number of benzene rings is 2. The Morgan fingerprint density at radius 3 is 2.67 bits per heavy atom. The lowest BCUT2D eigenvalue weighted by Gasteiger charge is -2.23. The van der Waals surface area contributed by atoms with Crippen LogP contribution in [0.2, 0.25) is 0 Å². The van der Waals surface area contributed by atoms with Gasteiger partial charge in [-0.1, -0.05) is 31.2 Å². The summed E-state index contributed by atoms with van der Waals surface area (Å²) in [6.07, 6.45) is 3.25. The molecule has 0 radical (unpaired) electrons. The van der Waals surface area contributed by atoms with Crippen molar-refractivity contribution in [2.45, 2.75) is 39.3 Å². The number of carbonyl (C=O) groups excluding carboxylic acids is 1. The second-order valence-corrected chi connectivity index (χ2v) is 7.28. The van der Waals surface area contributed by atoms with Gasteiger partial charge in [0.25, 0.3) is 5.91 Å². The SMILES string of the molecule is CCCn1c(CN(CC2CC2)C(=O)c2ccccc2F)nc2ccccc21. The van der Waals surface area contributed by atoms with Crippen LogP contribution >= 0.6 is 0 Å². The van der Waals surface area contributed by atoms with E-state index in [4.69, 9.17) is 4.98 Å².